The second-order valence-electron chi connectivity index (χ2n) is 4.97. The van der Waals surface area contributed by atoms with Crippen molar-refractivity contribution in [2.24, 2.45) is 0 Å². The Morgan fingerprint density at radius 3 is 2.57 bits per heavy atom. The first-order valence-electron chi connectivity index (χ1n) is 7.15. The minimum atomic E-state index is -0.533. The van der Waals surface area contributed by atoms with Gasteiger partial charge in [0, 0.05) is 17.7 Å². The van der Waals surface area contributed by atoms with E-state index in [1.54, 1.807) is 18.7 Å². The molecule has 7 heteroatoms. The maximum atomic E-state index is 12.4. The fourth-order valence-electron chi connectivity index (χ4n) is 2.31. The van der Waals surface area contributed by atoms with Gasteiger partial charge in [0.05, 0.1) is 18.2 Å². The summed E-state index contributed by atoms with van der Waals surface area (Å²) in [6, 6.07) is 6.84. The van der Waals surface area contributed by atoms with Gasteiger partial charge in [0.1, 0.15) is 6.61 Å². The molecule has 1 aromatic rings. The maximum Gasteiger partial charge on any atom is 0.338 e. The van der Waals surface area contributed by atoms with Gasteiger partial charge in [-0.05, 0) is 30.9 Å². The van der Waals surface area contributed by atoms with E-state index in [1.807, 2.05) is 30.5 Å². The molecule has 1 aromatic carbocycles. The third kappa shape index (κ3) is 4.27. The molecular formula is C16H20N2O4S. The minimum Gasteiger partial charge on any atom is -0.460 e. The van der Waals surface area contributed by atoms with Gasteiger partial charge in [0.25, 0.3) is 0 Å². The van der Waals surface area contributed by atoms with Crippen LogP contribution < -0.4 is 10.6 Å². The molecule has 1 unspecified atom stereocenters. The van der Waals surface area contributed by atoms with Crippen LogP contribution >= 0.6 is 11.8 Å². The van der Waals surface area contributed by atoms with Crippen LogP contribution in [0.3, 0.4) is 0 Å². The molecule has 0 saturated heterocycles. The van der Waals surface area contributed by atoms with Crippen molar-refractivity contribution in [2.75, 3.05) is 26.6 Å². The number of thioether (sulfide) groups is 1. The van der Waals surface area contributed by atoms with Crippen molar-refractivity contribution < 1.29 is 19.1 Å². The molecule has 1 heterocycles. The van der Waals surface area contributed by atoms with Crippen molar-refractivity contribution in [3.8, 4) is 0 Å². The van der Waals surface area contributed by atoms with Gasteiger partial charge < -0.3 is 20.1 Å². The predicted molar refractivity (Wildman–Crippen MR) is 88.2 cm³/mol. The highest BCUT2D eigenvalue weighted by atomic mass is 32.2. The molecule has 1 aliphatic heterocycles. The number of rotatable bonds is 6. The Balaban J connectivity index is 2.27. The van der Waals surface area contributed by atoms with Crippen molar-refractivity contribution in [2.45, 2.75) is 17.9 Å². The predicted octanol–water partition coefficient (Wildman–Crippen LogP) is 2.23. The third-order valence-corrected chi connectivity index (χ3v) is 4.20. The number of hydrogen-bond donors (Lipinski definition) is 2. The molecule has 0 aromatic heterocycles. The van der Waals surface area contributed by atoms with Crippen molar-refractivity contribution in [1.82, 2.24) is 10.6 Å². The van der Waals surface area contributed by atoms with Crippen LogP contribution in [0.15, 0.2) is 40.4 Å². The molecule has 0 radical (unpaired) electrons. The van der Waals surface area contributed by atoms with Gasteiger partial charge in [-0.2, -0.15) is 0 Å². The molecule has 1 aliphatic rings. The summed E-state index contributed by atoms with van der Waals surface area (Å²) in [7, 11) is 1.54. The SMILES string of the molecule is COCCOC(=O)C1=C(C)NC(=O)NC1c1ccc(SC)cc1. The Labute approximate surface area is 139 Å². The van der Waals surface area contributed by atoms with Gasteiger partial charge in [-0.15, -0.1) is 11.8 Å². The van der Waals surface area contributed by atoms with E-state index in [2.05, 4.69) is 10.6 Å². The lowest BCUT2D eigenvalue weighted by Crippen LogP contribution is -2.45. The zero-order chi connectivity index (χ0) is 16.8. The minimum absolute atomic E-state index is 0.165. The number of nitrogens with one attached hydrogen (secondary N) is 2. The Hall–Kier alpha value is -1.99. The lowest BCUT2D eigenvalue weighted by molar-refractivity contribution is -0.140. The van der Waals surface area contributed by atoms with Crippen LogP contribution in [0.25, 0.3) is 0 Å². The number of benzene rings is 1. The summed E-state index contributed by atoms with van der Waals surface area (Å²) < 4.78 is 10.1. The first kappa shape index (κ1) is 17.4. The highest BCUT2D eigenvalue weighted by Gasteiger charge is 2.32. The molecule has 2 amide bonds. The zero-order valence-electron chi connectivity index (χ0n) is 13.3. The number of carbonyl (C=O) groups excluding carboxylic acids is 2. The molecule has 0 aliphatic carbocycles. The third-order valence-electron chi connectivity index (χ3n) is 3.46. The van der Waals surface area contributed by atoms with Gasteiger partial charge in [-0.25, -0.2) is 9.59 Å². The smallest absolute Gasteiger partial charge is 0.338 e. The topological polar surface area (TPSA) is 76.7 Å². The average molecular weight is 336 g/mol. The Morgan fingerprint density at radius 1 is 1.26 bits per heavy atom. The van der Waals surface area contributed by atoms with Crippen LogP contribution in [-0.2, 0) is 14.3 Å². The molecule has 23 heavy (non-hydrogen) atoms. The molecule has 0 saturated carbocycles. The van der Waals surface area contributed by atoms with Gasteiger partial charge in [0.2, 0.25) is 0 Å². The first-order chi connectivity index (χ1) is 11.1. The second-order valence-corrected chi connectivity index (χ2v) is 5.85. The fraction of sp³-hybridized carbons (Fsp3) is 0.375. The standard InChI is InChI=1S/C16H20N2O4S/c1-10-13(15(19)22-9-8-21-2)14(18-16(20)17-10)11-4-6-12(23-3)7-5-11/h4-7,14H,8-9H2,1-3H3,(H2,17,18,20). The molecule has 1 atom stereocenters. The summed E-state index contributed by atoms with van der Waals surface area (Å²) in [4.78, 5) is 25.3. The van der Waals surface area contributed by atoms with E-state index in [-0.39, 0.29) is 12.6 Å². The van der Waals surface area contributed by atoms with Crippen LogP contribution in [0, 0.1) is 0 Å². The van der Waals surface area contributed by atoms with Gasteiger partial charge in [0.15, 0.2) is 0 Å². The first-order valence-corrected chi connectivity index (χ1v) is 8.37. The number of allylic oxidation sites excluding steroid dienone is 1. The van der Waals surface area contributed by atoms with E-state index in [0.29, 0.717) is 17.9 Å². The molecule has 0 spiro atoms. The number of methoxy groups -OCH3 is 1. The quantitative estimate of drug-likeness (QED) is 0.473. The lowest BCUT2D eigenvalue weighted by Gasteiger charge is -2.28. The average Bonchev–Trinajstić information content (AvgIpc) is 2.54. The number of amides is 2. The molecule has 0 bridgehead atoms. The van der Waals surface area contributed by atoms with Crippen molar-refractivity contribution >= 4 is 23.8 Å². The summed E-state index contributed by atoms with van der Waals surface area (Å²) in [5, 5.41) is 5.39. The summed E-state index contributed by atoms with van der Waals surface area (Å²) in [6.07, 6.45) is 1.99. The van der Waals surface area contributed by atoms with Crippen LogP contribution in [-0.4, -0.2) is 38.6 Å². The zero-order valence-corrected chi connectivity index (χ0v) is 14.2. The van der Waals surface area contributed by atoms with E-state index in [0.717, 1.165) is 10.5 Å². The molecule has 2 rings (SSSR count). The second kappa shape index (κ2) is 8.03. The van der Waals surface area contributed by atoms with Crippen LogP contribution in [0.2, 0.25) is 0 Å². The van der Waals surface area contributed by atoms with E-state index < -0.39 is 12.0 Å². The Kier molecular flexibility index (Phi) is 6.06. The molecule has 6 nitrogen and oxygen atoms in total. The summed E-state index contributed by atoms with van der Waals surface area (Å²) in [5.74, 6) is -0.467. The van der Waals surface area contributed by atoms with Crippen molar-refractivity contribution in [3.05, 3.63) is 41.1 Å². The number of hydrogen-bond acceptors (Lipinski definition) is 5. The molecule has 2 N–H and O–H groups in total. The largest absolute Gasteiger partial charge is 0.460 e. The van der Waals surface area contributed by atoms with E-state index in [1.165, 1.54) is 7.11 Å². The Bertz CT molecular complexity index is 613. The summed E-state index contributed by atoms with van der Waals surface area (Å²) >= 11 is 1.63. The highest BCUT2D eigenvalue weighted by Crippen LogP contribution is 2.28. The highest BCUT2D eigenvalue weighted by molar-refractivity contribution is 7.98. The Morgan fingerprint density at radius 2 is 1.96 bits per heavy atom. The van der Waals surface area contributed by atoms with Gasteiger partial charge in [-0.3, -0.25) is 0 Å². The number of esters is 1. The van der Waals surface area contributed by atoms with Crippen LogP contribution in [0.4, 0.5) is 4.79 Å². The number of urea groups is 1. The number of carbonyl (C=O) groups is 2. The van der Waals surface area contributed by atoms with E-state index >= 15 is 0 Å². The van der Waals surface area contributed by atoms with E-state index in [9.17, 15) is 9.59 Å². The molecule has 124 valence electrons. The molecular weight excluding hydrogens is 316 g/mol. The van der Waals surface area contributed by atoms with Crippen molar-refractivity contribution in [3.63, 3.8) is 0 Å². The normalized spacial score (nSPS) is 17.5. The monoisotopic (exact) mass is 336 g/mol. The van der Waals surface area contributed by atoms with Crippen LogP contribution in [0.1, 0.15) is 18.5 Å². The van der Waals surface area contributed by atoms with E-state index in [4.69, 9.17) is 9.47 Å². The van der Waals surface area contributed by atoms with Gasteiger partial charge in [-0.1, -0.05) is 12.1 Å². The fourth-order valence-corrected chi connectivity index (χ4v) is 2.71. The lowest BCUT2D eigenvalue weighted by atomic mass is 9.96. The summed E-state index contributed by atoms with van der Waals surface area (Å²) in [5.41, 5.74) is 1.73. The van der Waals surface area contributed by atoms with Gasteiger partial charge >= 0.3 is 12.0 Å². The number of ether oxygens (including phenoxy) is 2. The summed E-state index contributed by atoms with van der Waals surface area (Å²) in [6.45, 7) is 2.18. The molecule has 0 fully saturated rings. The van der Waals surface area contributed by atoms with Crippen molar-refractivity contribution in [1.29, 1.82) is 0 Å². The maximum absolute atomic E-state index is 12.4. The van der Waals surface area contributed by atoms with Crippen LogP contribution in [0.5, 0.6) is 0 Å².